The number of pyridine rings is 1. The van der Waals surface area contributed by atoms with Gasteiger partial charge in [0.25, 0.3) is 5.56 Å². The summed E-state index contributed by atoms with van der Waals surface area (Å²) in [5.74, 6) is 0.861. The van der Waals surface area contributed by atoms with E-state index in [1.165, 1.54) is 17.1 Å². The summed E-state index contributed by atoms with van der Waals surface area (Å²) >= 11 is 0. The van der Waals surface area contributed by atoms with Crippen LogP contribution in [0.15, 0.2) is 71.9 Å². The van der Waals surface area contributed by atoms with Crippen LogP contribution in [0, 0.1) is 0 Å². The van der Waals surface area contributed by atoms with E-state index in [-0.39, 0.29) is 11.6 Å². The molecule has 2 N–H and O–H groups in total. The van der Waals surface area contributed by atoms with E-state index < -0.39 is 18.3 Å². The topological polar surface area (TPSA) is 111 Å². The maximum Gasteiger partial charge on any atom is 0.405 e. The molecule has 0 aliphatic carbocycles. The fourth-order valence-corrected chi connectivity index (χ4v) is 3.69. The standard InChI is InChI=1S/C24H18F3N7O2/c1-36-18-8-4-14(5-9-18)19-10-16-11-28-23(29-12-24(25,26)27)32-21(16)34(22(19)35)17-6-2-15(3-7-17)20-30-13-31-33-20/h2-11,13H,12H2,1H3,(H,28,29,32)(H,30,31,33). The van der Waals surface area contributed by atoms with E-state index in [4.69, 9.17) is 4.74 Å². The van der Waals surface area contributed by atoms with Gasteiger partial charge in [-0.15, -0.1) is 0 Å². The molecule has 0 saturated carbocycles. The highest BCUT2D eigenvalue weighted by molar-refractivity contribution is 5.83. The molecule has 0 unspecified atom stereocenters. The van der Waals surface area contributed by atoms with E-state index >= 15 is 0 Å². The second kappa shape index (κ2) is 9.13. The fraction of sp³-hybridized carbons (Fsp3) is 0.125. The van der Waals surface area contributed by atoms with E-state index in [0.717, 1.165) is 0 Å². The molecule has 36 heavy (non-hydrogen) atoms. The molecule has 0 radical (unpaired) electrons. The number of H-pyrrole nitrogens is 1. The largest absolute Gasteiger partial charge is 0.497 e. The van der Waals surface area contributed by atoms with Crippen molar-refractivity contribution in [3.05, 3.63) is 77.5 Å². The molecule has 182 valence electrons. The zero-order valence-electron chi connectivity index (χ0n) is 18.7. The van der Waals surface area contributed by atoms with E-state index in [0.29, 0.717) is 39.3 Å². The van der Waals surface area contributed by atoms with E-state index in [2.05, 4.69) is 30.5 Å². The van der Waals surface area contributed by atoms with Gasteiger partial charge in [-0.25, -0.2) is 9.97 Å². The first kappa shape index (κ1) is 23.0. The maximum absolute atomic E-state index is 13.7. The van der Waals surface area contributed by atoms with Gasteiger partial charge in [0.2, 0.25) is 5.95 Å². The molecule has 3 aromatic heterocycles. The van der Waals surface area contributed by atoms with Gasteiger partial charge >= 0.3 is 6.18 Å². The number of benzene rings is 2. The Balaban J connectivity index is 1.68. The number of nitrogens with one attached hydrogen (secondary N) is 2. The summed E-state index contributed by atoms with van der Waals surface area (Å²) < 4.78 is 44.7. The molecular formula is C24H18F3N7O2. The van der Waals surface area contributed by atoms with Gasteiger partial charge in [-0.3, -0.25) is 14.5 Å². The summed E-state index contributed by atoms with van der Waals surface area (Å²) in [6.45, 7) is -1.31. The Labute approximate surface area is 201 Å². The number of hydrogen-bond acceptors (Lipinski definition) is 7. The Morgan fingerprint density at radius 3 is 2.39 bits per heavy atom. The number of halogens is 3. The van der Waals surface area contributed by atoms with Crippen LogP contribution in [0.4, 0.5) is 19.1 Å². The van der Waals surface area contributed by atoms with Crippen LogP contribution in [0.2, 0.25) is 0 Å². The van der Waals surface area contributed by atoms with Crippen molar-refractivity contribution < 1.29 is 17.9 Å². The van der Waals surface area contributed by atoms with Gasteiger partial charge in [-0.1, -0.05) is 12.1 Å². The predicted molar refractivity (Wildman–Crippen MR) is 127 cm³/mol. The molecule has 0 fully saturated rings. The second-order valence-electron chi connectivity index (χ2n) is 7.74. The molecule has 0 atom stereocenters. The number of alkyl halides is 3. The normalized spacial score (nSPS) is 11.6. The SMILES string of the molecule is COc1ccc(-c2cc3cnc(NCC(F)(F)F)nc3n(-c3ccc(-c4nc[nH]n4)cc3)c2=O)cc1. The molecular weight excluding hydrogens is 475 g/mol. The minimum absolute atomic E-state index is 0.155. The molecule has 5 rings (SSSR count). The summed E-state index contributed by atoms with van der Waals surface area (Å²) in [5, 5.41) is 9.32. The van der Waals surface area contributed by atoms with Crippen LogP contribution in [0.5, 0.6) is 5.75 Å². The molecule has 0 amide bonds. The van der Waals surface area contributed by atoms with Crippen molar-refractivity contribution in [2.75, 3.05) is 19.0 Å². The van der Waals surface area contributed by atoms with Crippen LogP contribution >= 0.6 is 0 Å². The number of aromatic amines is 1. The van der Waals surface area contributed by atoms with Gasteiger partial charge in [0.1, 0.15) is 18.6 Å². The van der Waals surface area contributed by atoms with Gasteiger partial charge in [0.05, 0.1) is 12.8 Å². The quantitative estimate of drug-likeness (QED) is 0.365. The highest BCUT2D eigenvalue weighted by Gasteiger charge is 2.27. The fourth-order valence-electron chi connectivity index (χ4n) is 3.69. The van der Waals surface area contributed by atoms with Gasteiger partial charge < -0.3 is 10.1 Å². The molecule has 0 aliphatic rings. The second-order valence-corrected chi connectivity index (χ2v) is 7.74. The highest BCUT2D eigenvalue weighted by atomic mass is 19.4. The van der Waals surface area contributed by atoms with Crippen LogP contribution in [0.1, 0.15) is 0 Å². The van der Waals surface area contributed by atoms with Crippen molar-refractivity contribution in [2.24, 2.45) is 0 Å². The van der Waals surface area contributed by atoms with Crippen LogP contribution in [-0.2, 0) is 0 Å². The summed E-state index contributed by atoms with van der Waals surface area (Å²) in [4.78, 5) is 26.1. The first-order chi connectivity index (χ1) is 17.3. The Kier molecular flexibility index (Phi) is 5.84. The van der Waals surface area contributed by atoms with Crippen LogP contribution < -0.4 is 15.6 Å². The van der Waals surface area contributed by atoms with Gasteiger partial charge in [0.15, 0.2) is 11.5 Å². The number of anilines is 1. The monoisotopic (exact) mass is 493 g/mol. The number of nitrogens with zero attached hydrogens (tertiary/aromatic N) is 5. The van der Waals surface area contributed by atoms with Gasteiger partial charge in [-0.05, 0) is 48.0 Å². The third-order valence-corrected chi connectivity index (χ3v) is 5.39. The van der Waals surface area contributed by atoms with Crippen molar-refractivity contribution in [3.8, 4) is 34.0 Å². The first-order valence-corrected chi connectivity index (χ1v) is 10.7. The zero-order valence-corrected chi connectivity index (χ0v) is 18.7. The molecule has 5 aromatic rings. The number of rotatable bonds is 6. The van der Waals surface area contributed by atoms with Crippen molar-refractivity contribution in [1.82, 2.24) is 29.7 Å². The van der Waals surface area contributed by atoms with Crippen molar-refractivity contribution in [3.63, 3.8) is 0 Å². The molecule has 0 saturated heterocycles. The number of aromatic nitrogens is 6. The minimum Gasteiger partial charge on any atom is -0.497 e. The van der Waals surface area contributed by atoms with Crippen LogP contribution in [0.25, 0.3) is 39.2 Å². The van der Waals surface area contributed by atoms with Crippen LogP contribution in [-0.4, -0.2) is 49.5 Å². The lowest BCUT2D eigenvalue weighted by Gasteiger charge is -2.14. The summed E-state index contributed by atoms with van der Waals surface area (Å²) in [7, 11) is 1.54. The Morgan fingerprint density at radius 2 is 1.75 bits per heavy atom. The molecule has 2 aromatic carbocycles. The summed E-state index contributed by atoms with van der Waals surface area (Å²) in [5.41, 5.74) is 1.92. The number of ether oxygens (including phenoxy) is 1. The third kappa shape index (κ3) is 4.60. The number of methoxy groups -OCH3 is 1. The first-order valence-electron chi connectivity index (χ1n) is 10.7. The van der Waals surface area contributed by atoms with Crippen LogP contribution in [0.3, 0.4) is 0 Å². The molecule has 0 aliphatic heterocycles. The lowest BCUT2D eigenvalue weighted by molar-refractivity contribution is -0.115. The smallest absolute Gasteiger partial charge is 0.405 e. The molecule has 0 spiro atoms. The van der Waals surface area contributed by atoms with Gasteiger partial charge in [0, 0.05) is 22.7 Å². The van der Waals surface area contributed by atoms with Gasteiger partial charge in [-0.2, -0.15) is 23.3 Å². The van der Waals surface area contributed by atoms with Crippen molar-refractivity contribution in [1.29, 1.82) is 0 Å². The summed E-state index contributed by atoms with van der Waals surface area (Å²) in [6.07, 6.45) is -1.62. The predicted octanol–water partition coefficient (Wildman–Crippen LogP) is 4.22. The Bertz CT molecular complexity index is 1560. The summed E-state index contributed by atoms with van der Waals surface area (Å²) in [6, 6.07) is 15.4. The molecule has 0 bridgehead atoms. The number of hydrogen-bond donors (Lipinski definition) is 2. The van der Waals surface area contributed by atoms with E-state index in [1.54, 1.807) is 61.7 Å². The molecule has 9 nitrogen and oxygen atoms in total. The van der Waals surface area contributed by atoms with E-state index in [9.17, 15) is 18.0 Å². The Morgan fingerprint density at radius 1 is 1.03 bits per heavy atom. The average Bonchev–Trinajstić information content (AvgIpc) is 3.42. The lowest BCUT2D eigenvalue weighted by atomic mass is 10.1. The maximum atomic E-state index is 13.7. The zero-order chi connectivity index (χ0) is 25.3. The van der Waals surface area contributed by atoms with E-state index in [1.807, 2.05) is 0 Å². The van der Waals surface area contributed by atoms with Crippen molar-refractivity contribution in [2.45, 2.75) is 6.18 Å². The molecule has 12 heteroatoms. The number of fused-ring (bicyclic) bond motifs is 1. The third-order valence-electron chi connectivity index (χ3n) is 5.39. The Hall–Kier alpha value is -4.74. The minimum atomic E-state index is -4.45. The van der Waals surface area contributed by atoms with Crippen molar-refractivity contribution >= 4 is 17.0 Å². The average molecular weight is 493 g/mol. The lowest BCUT2D eigenvalue weighted by Crippen LogP contribution is -2.24. The highest BCUT2D eigenvalue weighted by Crippen LogP contribution is 2.26. The molecule has 3 heterocycles.